The summed E-state index contributed by atoms with van der Waals surface area (Å²) in [6.45, 7) is 3.84. The Kier molecular flexibility index (Phi) is 8.76. The average Bonchev–Trinajstić information content (AvgIpc) is 2.65. The van der Waals surface area contributed by atoms with Crippen molar-refractivity contribution in [3.63, 3.8) is 0 Å². The van der Waals surface area contributed by atoms with Gasteiger partial charge < -0.3 is 19.9 Å². The standard InChI is InChI=1S/C21H23Cl2NO5/c1-13(2)29-19(20(25)26)9-14-4-3-5-15(8-14)11-24-21(27)28-12-16-6-7-17(22)10-18(16)23/h3-8,10,13,19H,9,11-12H2,1-2H3,(H,24,27)(H,25,26). The molecule has 156 valence electrons. The summed E-state index contributed by atoms with van der Waals surface area (Å²) in [6, 6.07) is 12.2. The average molecular weight is 440 g/mol. The molecule has 2 aromatic carbocycles. The SMILES string of the molecule is CC(C)OC(Cc1cccc(CNC(=O)OCc2ccc(Cl)cc2Cl)c1)C(=O)O. The van der Waals surface area contributed by atoms with Crippen molar-refractivity contribution in [1.29, 1.82) is 0 Å². The minimum absolute atomic E-state index is 0.0225. The molecule has 0 aromatic heterocycles. The molecule has 1 amide bonds. The Labute approximate surface area is 179 Å². The van der Waals surface area contributed by atoms with E-state index in [2.05, 4.69) is 5.32 Å². The minimum atomic E-state index is -1.01. The molecule has 6 nitrogen and oxygen atoms in total. The Balaban J connectivity index is 1.87. The number of hydrogen-bond donors (Lipinski definition) is 2. The van der Waals surface area contributed by atoms with Gasteiger partial charge in [0.05, 0.1) is 6.10 Å². The Morgan fingerprint density at radius 3 is 2.48 bits per heavy atom. The lowest BCUT2D eigenvalue weighted by atomic mass is 10.0. The van der Waals surface area contributed by atoms with E-state index in [4.69, 9.17) is 32.7 Å². The molecule has 0 fully saturated rings. The minimum Gasteiger partial charge on any atom is -0.479 e. The van der Waals surface area contributed by atoms with Crippen LogP contribution in [0.25, 0.3) is 0 Å². The van der Waals surface area contributed by atoms with Gasteiger partial charge in [0.15, 0.2) is 6.10 Å². The first-order valence-electron chi connectivity index (χ1n) is 9.05. The Hall–Kier alpha value is -2.28. The number of carboxylic acids is 1. The molecule has 0 heterocycles. The van der Waals surface area contributed by atoms with Gasteiger partial charge in [-0.2, -0.15) is 0 Å². The highest BCUT2D eigenvalue weighted by molar-refractivity contribution is 6.35. The van der Waals surface area contributed by atoms with Crippen molar-refractivity contribution in [2.75, 3.05) is 0 Å². The van der Waals surface area contributed by atoms with Gasteiger partial charge in [-0.1, -0.05) is 53.5 Å². The molecule has 2 aromatic rings. The van der Waals surface area contributed by atoms with Crippen molar-refractivity contribution in [1.82, 2.24) is 5.32 Å². The maximum atomic E-state index is 11.9. The van der Waals surface area contributed by atoms with Crippen molar-refractivity contribution in [2.45, 2.75) is 45.6 Å². The zero-order chi connectivity index (χ0) is 21.4. The van der Waals surface area contributed by atoms with E-state index >= 15 is 0 Å². The summed E-state index contributed by atoms with van der Waals surface area (Å²) in [5.74, 6) is -1.01. The summed E-state index contributed by atoms with van der Waals surface area (Å²) < 4.78 is 10.6. The molecular formula is C21H23Cl2NO5. The van der Waals surface area contributed by atoms with Gasteiger partial charge in [-0.05, 0) is 37.1 Å². The quantitative estimate of drug-likeness (QED) is 0.583. The van der Waals surface area contributed by atoms with E-state index in [1.807, 2.05) is 18.2 Å². The molecule has 0 aliphatic heterocycles. The second-order valence-electron chi connectivity index (χ2n) is 6.70. The molecule has 0 aliphatic carbocycles. The van der Waals surface area contributed by atoms with Crippen LogP contribution in [0.3, 0.4) is 0 Å². The number of alkyl carbamates (subject to hydrolysis) is 1. The van der Waals surface area contributed by atoms with Gasteiger partial charge in [-0.3, -0.25) is 0 Å². The molecule has 29 heavy (non-hydrogen) atoms. The van der Waals surface area contributed by atoms with Gasteiger partial charge in [0.25, 0.3) is 0 Å². The second-order valence-corrected chi connectivity index (χ2v) is 7.54. The van der Waals surface area contributed by atoms with Crippen LogP contribution >= 0.6 is 23.2 Å². The molecule has 0 saturated carbocycles. The normalized spacial score (nSPS) is 11.9. The molecule has 0 aliphatic rings. The summed E-state index contributed by atoms with van der Waals surface area (Å²) in [7, 11) is 0. The molecule has 1 unspecified atom stereocenters. The zero-order valence-electron chi connectivity index (χ0n) is 16.2. The fourth-order valence-electron chi connectivity index (χ4n) is 2.61. The molecule has 1 atom stereocenters. The fraction of sp³-hybridized carbons (Fsp3) is 0.333. The lowest BCUT2D eigenvalue weighted by Crippen LogP contribution is -2.29. The lowest BCUT2D eigenvalue weighted by Gasteiger charge is -2.17. The van der Waals surface area contributed by atoms with E-state index in [9.17, 15) is 14.7 Å². The molecule has 8 heteroatoms. The van der Waals surface area contributed by atoms with E-state index < -0.39 is 18.2 Å². The number of carboxylic acid groups (broad SMARTS) is 1. The molecule has 0 bridgehead atoms. The third-order valence-electron chi connectivity index (χ3n) is 3.94. The number of nitrogens with one attached hydrogen (secondary N) is 1. The largest absolute Gasteiger partial charge is 0.479 e. The summed E-state index contributed by atoms with van der Waals surface area (Å²) in [5, 5.41) is 12.9. The van der Waals surface area contributed by atoms with Crippen LogP contribution in [0.15, 0.2) is 42.5 Å². The number of benzene rings is 2. The molecule has 0 spiro atoms. The number of halogens is 2. The number of carbonyl (C=O) groups excluding carboxylic acids is 1. The van der Waals surface area contributed by atoms with E-state index in [-0.39, 0.29) is 25.7 Å². The lowest BCUT2D eigenvalue weighted by molar-refractivity contribution is -0.153. The maximum absolute atomic E-state index is 11.9. The fourth-order valence-corrected chi connectivity index (χ4v) is 3.07. The van der Waals surface area contributed by atoms with Crippen molar-refractivity contribution in [3.05, 3.63) is 69.2 Å². The predicted octanol–water partition coefficient (Wildman–Crippen LogP) is 4.84. The predicted molar refractivity (Wildman–Crippen MR) is 111 cm³/mol. The number of amides is 1. The van der Waals surface area contributed by atoms with Gasteiger partial charge in [-0.25, -0.2) is 9.59 Å². The first kappa shape index (κ1) is 23.0. The number of rotatable bonds is 9. The highest BCUT2D eigenvalue weighted by Gasteiger charge is 2.20. The van der Waals surface area contributed by atoms with Crippen LogP contribution in [0.2, 0.25) is 10.0 Å². The van der Waals surface area contributed by atoms with E-state index in [0.717, 1.165) is 11.1 Å². The first-order valence-corrected chi connectivity index (χ1v) is 9.81. The van der Waals surface area contributed by atoms with E-state index in [1.54, 1.807) is 38.1 Å². The van der Waals surface area contributed by atoms with Crippen molar-refractivity contribution < 1.29 is 24.2 Å². The molecule has 0 saturated heterocycles. The van der Waals surface area contributed by atoms with Crippen LogP contribution in [0.4, 0.5) is 4.79 Å². The molecule has 2 rings (SSSR count). The van der Waals surface area contributed by atoms with Gasteiger partial charge in [0.1, 0.15) is 6.61 Å². The third kappa shape index (κ3) is 7.93. The highest BCUT2D eigenvalue weighted by Crippen LogP contribution is 2.21. The smallest absolute Gasteiger partial charge is 0.407 e. The number of hydrogen-bond acceptors (Lipinski definition) is 4. The third-order valence-corrected chi connectivity index (χ3v) is 4.52. The molecule has 2 N–H and O–H groups in total. The summed E-state index contributed by atoms with van der Waals surface area (Å²) in [5.41, 5.74) is 2.27. The second kappa shape index (κ2) is 11.0. The number of carbonyl (C=O) groups is 2. The van der Waals surface area contributed by atoms with Crippen LogP contribution in [-0.4, -0.2) is 29.4 Å². The summed E-state index contributed by atoms with van der Waals surface area (Å²) >= 11 is 11.9. The molecule has 0 radical (unpaired) electrons. The summed E-state index contributed by atoms with van der Waals surface area (Å²) in [6.07, 6.45) is -1.47. The number of aliphatic carboxylic acids is 1. The van der Waals surface area contributed by atoms with Crippen LogP contribution in [0.1, 0.15) is 30.5 Å². The summed E-state index contributed by atoms with van der Waals surface area (Å²) in [4.78, 5) is 23.3. The van der Waals surface area contributed by atoms with Gasteiger partial charge in [-0.15, -0.1) is 0 Å². The van der Waals surface area contributed by atoms with Gasteiger partial charge in [0.2, 0.25) is 0 Å². The number of ether oxygens (including phenoxy) is 2. The molecular weight excluding hydrogens is 417 g/mol. The Bertz CT molecular complexity index is 857. The Morgan fingerprint density at radius 1 is 1.10 bits per heavy atom. The maximum Gasteiger partial charge on any atom is 0.407 e. The highest BCUT2D eigenvalue weighted by atomic mass is 35.5. The van der Waals surface area contributed by atoms with E-state index in [1.165, 1.54) is 0 Å². The van der Waals surface area contributed by atoms with Crippen LogP contribution < -0.4 is 5.32 Å². The zero-order valence-corrected chi connectivity index (χ0v) is 17.7. The monoisotopic (exact) mass is 439 g/mol. The van der Waals surface area contributed by atoms with Crippen LogP contribution in [0.5, 0.6) is 0 Å². The van der Waals surface area contributed by atoms with E-state index in [0.29, 0.717) is 15.6 Å². The van der Waals surface area contributed by atoms with Gasteiger partial charge >= 0.3 is 12.1 Å². The first-order chi connectivity index (χ1) is 13.7. The van der Waals surface area contributed by atoms with Crippen molar-refractivity contribution in [2.24, 2.45) is 0 Å². The van der Waals surface area contributed by atoms with Crippen LogP contribution in [-0.2, 0) is 33.8 Å². The topological polar surface area (TPSA) is 84.9 Å². The van der Waals surface area contributed by atoms with Crippen molar-refractivity contribution in [3.8, 4) is 0 Å². The van der Waals surface area contributed by atoms with Crippen LogP contribution in [0, 0.1) is 0 Å². The Morgan fingerprint density at radius 2 is 1.83 bits per heavy atom. The van der Waals surface area contributed by atoms with Crippen molar-refractivity contribution >= 4 is 35.3 Å². The van der Waals surface area contributed by atoms with Gasteiger partial charge in [0, 0.05) is 28.6 Å².